The molecule has 0 spiro atoms. The van der Waals surface area contributed by atoms with Crippen LogP contribution in [0.5, 0.6) is 0 Å². The van der Waals surface area contributed by atoms with Crippen LogP contribution in [0.4, 0.5) is 0 Å². The van der Waals surface area contributed by atoms with Crippen molar-refractivity contribution >= 4 is 0 Å². The molecule has 0 bridgehead atoms. The van der Waals surface area contributed by atoms with E-state index in [-0.39, 0.29) is 0 Å². The van der Waals surface area contributed by atoms with Gasteiger partial charge in [-0.1, -0.05) is 19.3 Å². The molecule has 0 aliphatic heterocycles. The van der Waals surface area contributed by atoms with Gasteiger partial charge in [-0.05, 0) is 38.6 Å². The van der Waals surface area contributed by atoms with Gasteiger partial charge in [0.1, 0.15) is 0 Å². The summed E-state index contributed by atoms with van der Waals surface area (Å²) in [7, 11) is 1.77. The maximum absolute atomic E-state index is 5.03. The third kappa shape index (κ3) is 4.43. The minimum Gasteiger partial charge on any atom is -0.385 e. The van der Waals surface area contributed by atoms with Crippen LogP contribution < -0.4 is 5.32 Å². The summed E-state index contributed by atoms with van der Waals surface area (Å²) in [6.07, 6.45) is 8.32. The second kappa shape index (κ2) is 7.24. The highest BCUT2D eigenvalue weighted by Crippen LogP contribution is 2.26. The third-order valence-corrected chi connectivity index (χ3v) is 3.35. The molecule has 0 aromatic carbocycles. The first-order valence-electron chi connectivity index (χ1n) is 6.07. The van der Waals surface area contributed by atoms with Crippen LogP contribution in [0.3, 0.4) is 0 Å². The Morgan fingerprint density at radius 3 is 2.64 bits per heavy atom. The molecular formula is C12H25NO. The van der Waals surface area contributed by atoms with Crippen molar-refractivity contribution < 1.29 is 4.74 Å². The lowest BCUT2D eigenvalue weighted by Gasteiger charge is -2.28. The lowest BCUT2D eigenvalue weighted by molar-refractivity contribution is 0.190. The van der Waals surface area contributed by atoms with E-state index in [1.807, 2.05) is 0 Å². The van der Waals surface area contributed by atoms with E-state index in [0.29, 0.717) is 6.04 Å². The Morgan fingerprint density at radius 1 is 1.29 bits per heavy atom. The summed E-state index contributed by atoms with van der Waals surface area (Å²) in [6.45, 7) is 4.32. The summed E-state index contributed by atoms with van der Waals surface area (Å²) in [5, 5.41) is 3.61. The van der Waals surface area contributed by atoms with Crippen molar-refractivity contribution in [2.45, 2.75) is 51.5 Å². The molecule has 1 N–H and O–H groups in total. The van der Waals surface area contributed by atoms with Crippen LogP contribution in [-0.2, 0) is 4.74 Å². The van der Waals surface area contributed by atoms with Crippen molar-refractivity contribution in [2.75, 3.05) is 20.3 Å². The molecule has 1 fully saturated rings. The first kappa shape index (κ1) is 12.0. The average Bonchev–Trinajstić information content (AvgIpc) is 2.25. The first-order valence-corrected chi connectivity index (χ1v) is 6.07. The monoisotopic (exact) mass is 199 g/mol. The standard InChI is InChI=1S/C12H25NO/c1-11(13-9-6-10-14-2)12-7-4-3-5-8-12/h11-13H,3-10H2,1-2H3/t11-/m0/s1. The van der Waals surface area contributed by atoms with Gasteiger partial charge in [-0.3, -0.25) is 0 Å². The highest BCUT2D eigenvalue weighted by atomic mass is 16.5. The molecule has 84 valence electrons. The molecule has 0 radical (unpaired) electrons. The molecule has 0 saturated heterocycles. The molecule has 2 nitrogen and oxygen atoms in total. The largest absolute Gasteiger partial charge is 0.385 e. The molecule has 1 rings (SSSR count). The molecule has 1 saturated carbocycles. The van der Waals surface area contributed by atoms with Crippen LogP contribution in [0, 0.1) is 5.92 Å². The maximum atomic E-state index is 5.03. The Morgan fingerprint density at radius 2 is 2.00 bits per heavy atom. The Balaban J connectivity index is 2.04. The second-order valence-corrected chi connectivity index (χ2v) is 4.49. The molecule has 1 aliphatic rings. The number of hydrogen-bond acceptors (Lipinski definition) is 2. The molecule has 14 heavy (non-hydrogen) atoms. The SMILES string of the molecule is COCCCN[C@@H](C)C1CCCCC1. The predicted octanol–water partition coefficient (Wildman–Crippen LogP) is 2.58. The van der Waals surface area contributed by atoms with E-state index in [2.05, 4.69) is 12.2 Å². The Bertz CT molecular complexity index is 132. The zero-order chi connectivity index (χ0) is 10.2. The summed E-state index contributed by atoms with van der Waals surface area (Å²) >= 11 is 0. The topological polar surface area (TPSA) is 21.3 Å². The average molecular weight is 199 g/mol. The first-order chi connectivity index (χ1) is 6.84. The van der Waals surface area contributed by atoms with Crippen molar-refractivity contribution in [1.82, 2.24) is 5.32 Å². The van der Waals surface area contributed by atoms with Crippen LogP contribution >= 0.6 is 0 Å². The second-order valence-electron chi connectivity index (χ2n) is 4.49. The van der Waals surface area contributed by atoms with E-state index < -0.39 is 0 Å². The van der Waals surface area contributed by atoms with Gasteiger partial charge in [0.15, 0.2) is 0 Å². The molecule has 0 aromatic rings. The highest BCUT2D eigenvalue weighted by molar-refractivity contribution is 4.75. The van der Waals surface area contributed by atoms with Crippen LogP contribution in [0.25, 0.3) is 0 Å². The maximum Gasteiger partial charge on any atom is 0.0474 e. The zero-order valence-electron chi connectivity index (χ0n) is 9.72. The van der Waals surface area contributed by atoms with Crippen molar-refractivity contribution in [2.24, 2.45) is 5.92 Å². The summed E-state index contributed by atoms with van der Waals surface area (Å²) in [4.78, 5) is 0. The molecule has 0 unspecified atom stereocenters. The van der Waals surface area contributed by atoms with Crippen LogP contribution in [0.15, 0.2) is 0 Å². The number of hydrogen-bond donors (Lipinski definition) is 1. The van der Waals surface area contributed by atoms with Gasteiger partial charge in [0.05, 0.1) is 0 Å². The van der Waals surface area contributed by atoms with E-state index in [9.17, 15) is 0 Å². The summed E-state index contributed by atoms with van der Waals surface area (Å²) in [5.41, 5.74) is 0. The number of methoxy groups -OCH3 is 1. The lowest BCUT2D eigenvalue weighted by Crippen LogP contribution is -2.35. The normalized spacial score (nSPS) is 21.0. The predicted molar refractivity (Wildman–Crippen MR) is 60.5 cm³/mol. The van der Waals surface area contributed by atoms with Gasteiger partial charge in [0.25, 0.3) is 0 Å². The van der Waals surface area contributed by atoms with Crippen molar-refractivity contribution in [3.8, 4) is 0 Å². The Hall–Kier alpha value is -0.0800. The van der Waals surface area contributed by atoms with Crippen LogP contribution in [0.1, 0.15) is 45.4 Å². The zero-order valence-corrected chi connectivity index (χ0v) is 9.72. The lowest BCUT2D eigenvalue weighted by atomic mass is 9.84. The van der Waals surface area contributed by atoms with Crippen LogP contribution in [-0.4, -0.2) is 26.3 Å². The van der Waals surface area contributed by atoms with Crippen molar-refractivity contribution in [3.63, 3.8) is 0 Å². The Labute approximate surface area is 88.4 Å². The fraction of sp³-hybridized carbons (Fsp3) is 1.00. The fourth-order valence-electron chi connectivity index (χ4n) is 2.35. The van der Waals surface area contributed by atoms with E-state index in [4.69, 9.17) is 4.74 Å². The van der Waals surface area contributed by atoms with Crippen molar-refractivity contribution in [1.29, 1.82) is 0 Å². The smallest absolute Gasteiger partial charge is 0.0474 e. The minimum absolute atomic E-state index is 0.701. The summed E-state index contributed by atoms with van der Waals surface area (Å²) < 4.78 is 5.03. The minimum atomic E-state index is 0.701. The molecule has 2 heteroatoms. The number of rotatable bonds is 6. The summed E-state index contributed by atoms with van der Waals surface area (Å²) in [6, 6.07) is 0.701. The molecule has 1 atom stereocenters. The van der Waals surface area contributed by atoms with Crippen molar-refractivity contribution in [3.05, 3.63) is 0 Å². The molecule has 0 heterocycles. The van der Waals surface area contributed by atoms with Gasteiger partial charge in [-0.15, -0.1) is 0 Å². The third-order valence-electron chi connectivity index (χ3n) is 3.35. The van der Waals surface area contributed by atoms with Gasteiger partial charge < -0.3 is 10.1 Å². The summed E-state index contributed by atoms with van der Waals surface area (Å²) in [5.74, 6) is 0.922. The number of ether oxygens (including phenoxy) is 1. The molecular weight excluding hydrogens is 174 g/mol. The van der Waals surface area contributed by atoms with Gasteiger partial charge in [0, 0.05) is 19.8 Å². The molecule has 0 aromatic heterocycles. The fourth-order valence-corrected chi connectivity index (χ4v) is 2.35. The van der Waals surface area contributed by atoms with Gasteiger partial charge >= 0.3 is 0 Å². The van der Waals surface area contributed by atoms with Gasteiger partial charge in [-0.25, -0.2) is 0 Å². The highest BCUT2D eigenvalue weighted by Gasteiger charge is 2.18. The van der Waals surface area contributed by atoms with E-state index in [1.54, 1.807) is 7.11 Å². The molecule has 1 aliphatic carbocycles. The molecule has 0 amide bonds. The Kier molecular flexibility index (Phi) is 6.20. The van der Waals surface area contributed by atoms with E-state index in [1.165, 1.54) is 32.1 Å². The van der Waals surface area contributed by atoms with Gasteiger partial charge in [0.2, 0.25) is 0 Å². The van der Waals surface area contributed by atoms with Gasteiger partial charge in [-0.2, -0.15) is 0 Å². The number of nitrogens with one attached hydrogen (secondary N) is 1. The van der Waals surface area contributed by atoms with E-state index in [0.717, 1.165) is 25.5 Å². The quantitative estimate of drug-likeness (QED) is 0.664. The van der Waals surface area contributed by atoms with Crippen LogP contribution in [0.2, 0.25) is 0 Å². The van der Waals surface area contributed by atoms with E-state index >= 15 is 0 Å².